The minimum Gasteiger partial charge on any atom is -0.370 e. The molecule has 4 saturated carbocycles. The van der Waals surface area contributed by atoms with E-state index in [1.54, 1.807) is 11.3 Å². The molecule has 218 valence electrons. The van der Waals surface area contributed by atoms with E-state index in [9.17, 15) is 18.4 Å². The van der Waals surface area contributed by atoms with Gasteiger partial charge in [0.05, 0.1) is 29.8 Å². The molecule has 0 spiro atoms. The summed E-state index contributed by atoms with van der Waals surface area (Å²) in [6.45, 7) is 1.61. The van der Waals surface area contributed by atoms with E-state index in [2.05, 4.69) is 15.2 Å². The lowest BCUT2D eigenvalue weighted by atomic mass is 9.47. The predicted molar refractivity (Wildman–Crippen MR) is 150 cm³/mol. The number of nitrogens with zero attached hydrogens (tertiary/aromatic N) is 4. The highest BCUT2D eigenvalue weighted by Crippen LogP contribution is 2.60. The minimum absolute atomic E-state index is 0.00287. The zero-order chi connectivity index (χ0) is 28.4. The molecule has 41 heavy (non-hydrogen) atoms. The number of hydroxylamine groups is 1. The van der Waals surface area contributed by atoms with Crippen LogP contribution in [0, 0.1) is 23.2 Å². The van der Waals surface area contributed by atoms with Crippen molar-refractivity contribution >= 4 is 34.9 Å². The number of piperidine rings is 1. The average Bonchev–Trinajstić information content (AvgIpc) is 2.95. The number of hydrogen-bond acceptors (Lipinski definition) is 7. The van der Waals surface area contributed by atoms with Gasteiger partial charge in [-0.1, -0.05) is 12.1 Å². The van der Waals surface area contributed by atoms with E-state index in [0.29, 0.717) is 32.1 Å². The number of fused-ring (bicyclic) bond motifs is 1. The van der Waals surface area contributed by atoms with Gasteiger partial charge in [0.1, 0.15) is 5.82 Å². The van der Waals surface area contributed by atoms with Gasteiger partial charge in [-0.15, -0.1) is 0 Å². The van der Waals surface area contributed by atoms with Crippen LogP contribution in [0.2, 0.25) is 0 Å². The Morgan fingerprint density at radius 1 is 0.951 bits per heavy atom. The molecule has 5 fully saturated rings. The van der Waals surface area contributed by atoms with Crippen LogP contribution in [0.4, 0.5) is 36.5 Å². The summed E-state index contributed by atoms with van der Waals surface area (Å²) in [5.41, 5.74) is 7.88. The van der Waals surface area contributed by atoms with E-state index in [-0.39, 0.29) is 36.6 Å². The molecule has 5 atom stereocenters. The maximum atomic E-state index is 13.6. The lowest BCUT2D eigenvalue weighted by Gasteiger charge is -2.58. The zero-order valence-corrected chi connectivity index (χ0v) is 23.0. The number of hydrogen-bond donors (Lipinski definition) is 2. The molecule has 1 aromatic carbocycles. The van der Waals surface area contributed by atoms with Crippen LogP contribution < -0.4 is 25.9 Å². The quantitative estimate of drug-likeness (QED) is 0.545. The van der Waals surface area contributed by atoms with Gasteiger partial charge in [-0.3, -0.25) is 4.79 Å². The van der Waals surface area contributed by atoms with E-state index in [1.165, 1.54) is 0 Å². The van der Waals surface area contributed by atoms with Crippen LogP contribution >= 0.6 is 0 Å². The lowest BCUT2D eigenvalue weighted by molar-refractivity contribution is -0.145. The van der Waals surface area contributed by atoms with E-state index in [4.69, 9.17) is 10.6 Å². The van der Waals surface area contributed by atoms with Crippen molar-refractivity contribution in [3.05, 3.63) is 42.6 Å². The van der Waals surface area contributed by atoms with Gasteiger partial charge in [-0.2, -0.15) is 0 Å². The third-order valence-electron chi connectivity index (χ3n) is 10.1. The highest BCUT2D eigenvalue weighted by atomic mass is 19.3. The fourth-order valence-corrected chi connectivity index (χ4v) is 8.31. The van der Waals surface area contributed by atoms with Crippen LogP contribution in [0.25, 0.3) is 0 Å². The van der Waals surface area contributed by atoms with Crippen LogP contribution in [0.15, 0.2) is 42.6 Å². The summed E-state index contributed by atoms with van der Waals surface area (Å²) in [5, 5.41) is 4.78. The number of carbonyl (C=O) groups is 2. The van der Waals surface area contributed by atoms with E-state index >= 15 is 0 Å². The molecule has 1 saturated heterocycles. The Morgan fingerprint density at radius 2 is 1.66 bits per heavy atom. The number of carbonyl (C=O) groups excluding carboxylic acids is 2. The molecule has 8 rings (SSSR count). The minimum atomic E-state index is -2.59. The molecule has 2 aromatic rings. The summed E-state index contributed by atoms with van der Waals surface area (Å²) in [4.78, 5) is 40.0. The first kappa shape index (κ1) is 26.3. The van der Waals surface area contributed by atoms with Crippen molar-refractivity contribution < 1.29 is 23.2 Å². The first-order chi connectivity index (χ1) is 19.7. The second-order valence-corrected chi connectivity index (χ2v) is 12.6. The largest absolute Gasteiger partial charge is 0.431 e. The molecule has 0 radical (unpaired) electrons. The number of anilines is 4. The third-order valence-corrected chi connectivity index (χ3v) is 10.1. The van der Waals surface area contributed by atoms with Crippen molar-refractivity contribution in [1.29, 1.82) is 0 Å². The summed E-state index contributed by atoms with van der Waals surface area (Å²) >= 11 is 0. The molecule has 3 N–H and O–H groups in total. The van der Waals surface area contributed by atoms with Crippen molar-refractivity contribution in [2.45, 2.75) is 56.9 Å². The van der Waals surface area contributed by atoms with Gasteiger partial charge < -0.3 is 25.7 Å². The fraction of sp³-hybridized carbons (Fsp3) is 0.567. The maximum Gasteiger partial charge on any atom is 0.431 e. The SMILES string of the molecule is NC(=O)C12CC3C[C@H](C1)C(NC(=O)ON1CCN(c4ccc(N5CCC(F)(F)CC5)cn4)c4ccccc41)[C@@H](C3)C2. The highest BCUT2D eigenvalue weighted by molar-refractivity contribution is 5.82. The Bertz CT molecular complexity index is 1310. The van der Waals surface area contributed by atoms with E-state index in [0.717, 1.165) is 55.0 Å². The molecule has 6 aliphatic rings. The summed E-state index contributed by atoms with van der Waals surface area (Å²) in [6, 6.07) is 11.5. The van der Waals surface area contributed by atoms with Crippen LogP contribution in [0.1, 0.15) is 44.9 Å². The van der Waals surface area contributed by atoms with Gasteiger partial charge >= 0.3 is 6.09 Å². The number of halogens is 2. The maximum absolute atomic E-state index is 13.6. The Balaban J connectivity index is 1.02. The first-order valence-electron chi connectivity index (χ1n) is 14.7. The number of benzene rings is 1. The molecule has 3 heterocycles. The van der Waals surface area contributed by atoms with Crippen LogP contribution in [0.3, 0.4) is 0 Å². The Hall–Kier alpha value is -3.63. The van der Waals surface area contributed by atoms with Crippen molar-refractivity contribution in [2.24, 2.45) is 28.9 Å². The molecule has 4 aliphatic carbocycles. The molecule has 1 aromatic heterocycles. The standard InChI is InChI=1S/C30H36F2N6O3/c31-30(32)7-9-36(10-8-30)22-5-6-25(34-18-22)37-11-12-38(24-4-2-1-3-23(24)37)41-28(40)35-26-20-13-19-14-21(26)17-29(15-19,16-20)27(33)39/h1-6,18-21,26H,7-17H2,(H2,33,39)(H,35,40)/t19?,20-,21+,26?,29?. The molecular weight excluding hydrogens is 530 g/mol. The number of para-hydroxylation sites is 2. The number of primary amides is 1. The zero-order valence-electron chi connectivity index (χ0n) is 23.0. The topological polar surface area (TPSA) is 104 Å². The van der Waals surface area contributed by atoms with Crippen molar-refractivity contribution in [2.75, 3.05) is 41.0 Å². The number of pyridine rings is 1. The number of aromatic nitrogens is 1. The Morgan fingerprint density at radius 3 is 2.32 bits per heavy atom. The van der Waals surface area contributed by atoms with Gasteiger partial charge in [0.2, 0.25) is 5.91 Å². The number of nitrogens with two attached hydrogens (primary N) is 1. The molecule has 9 nitrogen and oxygen atoms in total. The second-order valence-electron chi connectivity index (χ2n) is 12.6. The predicted octanol–water partition coefficient (Wildman–Crippen LogP) is 4.60. The van der Waals surface area contributed by atoms with Gasteiger partial charge in [0.15, 0.2) is 0 Å². The van der Waals surface area contributed by atoms with Crippen molar-refractivity contribution in [1.82, 2.24) is 10.3 Å². The third kappa shape index (κ3) is 4.72. The van der Waals surface area contributed by atoms with Crippen molar-refractivity contribution in [3.63, 3.8) is 0 Å². The van der Waals surface area contributed by atoms with E-state index < -0.39 is 17.4 Å². The first-order valence-corrected chi connectivity index (χ1v) is 14.7. The second kappa shape index (κ2) is 9.73. The highest BCUT2D eigenvalue weighted by Gasteiger charge is 2.58. The average molecular weight is 567 g/mol. The number of nitrogens with one attached hydrogen (secondary N) is 1. The Kier molecular flexibility index (Phi) is 6.24. The van der Waals surface area contributed by atoms with Gasteiger partial charge in [0.25, 0.3) is 5.92 Å². The van der Waals surface area contributed by atoms with Gasteiger partial charge in [0, 0.05) is 43.9 Å². The van der Waals surface area contributed by atoms with E-state index in [1.807, 2.05) is 41.3 Å². The molecule has 3 unspecified atom stereocenters. The summed E-state index contributed by atoms with van der Waals surface area (Å²) in [7, 11) is 0. The van der Waals surface area contributed by atoms with Gasteiger partial charge in [-0.25, -0.2) is 23.6 Å². The monoisotopic (exact) mass is 566 g/mol. The summed E-state index contributed by atoms with van der Waals surface area (Å²) < 4.78 is 27.2. The molecule has 11 heteroatoms. The fourth-order valence-electron chi connectivity index (χ4n) is 8.31. The van der Waals surface area contributed by atoms with Crippen LogP contribution in [-0.4, -0.2) is 55.1 Å². The molecule has 4 bridgehead atoms. The van der Waals surface area contributed by atoms with Crippen LogP contribution in [-0.2, 0) is 9.63 Å². The van der Waals surface area contributed by atoms with Crippen molar-refractivity contribution in [3.8, 4) is 0 Å². The summed E-state index contributed by atoms with van der Waals surface area (Å²) in [5.74, 6) is -1.02. The number of amides is 2. The van der Waals surface area contributed by atoms with Gasteiger partial charge in [-0.05, 0) is 74.1 Å². The lowest BCUT2D eigenvalue weighted by Crippen LogP contribution is -2.62. The number of alkyl halides is 2. The van der Waals surface area contributed by atoms with Crippen LogP contribution in [0.5, 0.6) is 0 Å². The Labute approximate surface area is 238 Å². The smallest absolute Gasteiger partial charge is 0.370 e. The number of rotatable bonds is 5. The summed E-state index contributed by atoms with van der Waals surface area (Å²) in [6.07, 6.45) is 5.40. The molecule has 2 amide bonds. The molecular formula is C30H36F2N6O3. The normalized spacial score (nSPS) is 31.5. The molecule has 2 aliphatic heterocycles.